The van der Waals surface area contributed by atoms with Crippen LogP contribution in [0.25, 0.3) is 0 Å². The van der Waals surface area contributed by atoms with Crippen molar-refractivity contribution >= 4 is 11.3 Å². The van der Waals surface area contributed by atoms with Crippen molar-refractivity contribution in [2.75, 3.05) is 21.3 Å². The molecule has 1 unspecified atom stereocenters. The predicted octanol–water partition coefficient (Wildman–Crippen LogP) is 3.58. The molecule has 0 saturated heterocycles. The van der Waals surface area contributed by atoms with E-state index in [1.54, 1.807) is 32.7 Å². The molecule has 0 bridgehead atoms. The zero-order valence-corrected chi connectivity index (χ0v) is 14.3. The zero-order valence-electron chi connectivity index (χ0n) is 13.5. The largest absolute Gasteiger partial charge is 0.493 e. The quantitative estimate of drug-likeness (QED) is 0.847. The molecule has 0 fully saturated rings. The lowest BCUT2D eigenvalue weighted by molar-refractivity contribution is 0.323. The summed E-state index contributed by atoms with van der Waals surface area (Å²) in [6.07, 6.45) is 1.56. The first-order valence-corrected chi connectivity index (χ1v) is 8.07. The Morgan fingerprint density at radius 3 is 2.14 bits per heavy atom. The number of rotatable bonds is 7. The second kappa shape index (κ2) is 7.03. The molecule has 2 N–H and O–H groups in total. The highest BCUT2D eigenvalue weighted by Gasteiger charge is 2.28. The third kappa shape index (κ3) is 3.20. The Labute approximate surface area is 135 Å². The summed E-state index contributed by atoms with van der Waals surface area (Å²) in [7, 11) is 4.84. The van der Waals surface area contributed by atoms with Gasteiger partial charge in [-0.2, -0.15) is 0 Å². The molecule has 2 aromatic rings. The van der Waals surface area contributed by atoms with E-state index in [1.165, 1.54) is 4.88 Å². The van der Waals surface area contributed by atoms with E-state index in [0.29, 0.717) is 23.7 Å². The van der Waals surface area contributed by atoms with Crippen LogP contribution in [0.4, 0.5) is 0 Å². The highest BCUT2D eigenvalue weighted by atomic mass is 32.1. The summed E-state index contributed by atoms with van der Waals surface area (Å²) < 4.78 is 16.2. The summed E-state index contributed by atoms with van der Waals surface area (Å²) in [5.41, 5.74) is 7.32. The third-order valence-corrected chi connectivity index (χ3v) is 4.98. The van der Waals surface area contributed by atoms with Crippen LogP contribution in [0.1, 0.15) is 23.8 Å². The Bertz CT molecular complexity index is 587. The molecule has 0 aliphatic rings. The molecule has 0 radical (unpaired) electrons. The van der Waals surface area contributed by atoms with E-state index >= 15 is 0 Å². The van der Waals surface area contributed by atoms with Crippen molar-refractivity contribution in [2.24, 2.45) is 5.73 Å². The number of methoxy groups -OCH3 is 3. The molecule has 2 rings (SSSR count). The fourth-order valence-corrected chi connectivity index (χ4v) is 3.46. The maximum Gasteiger partial charge on any atom is 0.203 e. The Morgan fingerprint density at radius 2 is 1.73 bits per heavy atom. The van der Waals surface area contributed by atoms with Gasteiger partial charge in [-0.1, -0.05) is 13.0 Å². The van der Waals surface area contributed by atoms with Crippen molar-refractivity contribution in [3.05, 3.63) is 40.1 Å². The Balaban J connectivity index is 2.40. The Kier molecular flexibility index (Phi) is 5.32. The molecule has 0 aliphatic heterocycles. The van der Waals surface area contributed by atoms with Gasteiger partial charge in [-0.15, -0.1) is 11.3 Å². The van der Waals surface area contributed by atoms with Crippen molar-refractivity contribution in [1.82, 2.24) is 0 Å². The minimum Gasteiger partial charge on any atom is -0.493 e. The van der Waals surface area contributed by atoms with Crippen molar-refractivity contribution in [1.29, 1.82) is 0 Å². The number of nitrogens with two attached hydrogens (primary N) is 1. The van der Waals surface area contributed by atoms with E-state index in [9.17, 15) is 0 Å². The molecule has 120 valence electrons. The molecule has 1 heterocycles. The first kappa shape index (κ1) is 16.6. The summed E-state index contributed by atoms with van der Waals surface area (Å²) in [5, 5.41) is 2.06. The highest BCUT2D eigenvalue weighted by molar-refractivity contribution is 7.10. The van der Waals surface area contributed by atoms with Crippen molar-refractivity contribution < 1.29 is 14.2 Å². The lowest BCUT2D eigenvalue weighted by atomic mass is 9.87. The fraction of sp³-hybridized carbons (Fsp3) is 0.412. The van der Waals surface area contributed by atoms with E-state index < -0.39 is 5.54 Å². The molecule has 22 heavy (non-hydrogen) atoms. The van der Waals surface area contributed by atoms with Gasteiger partial charge in [-0.25, -0.2) is 0 Å². The van der Waals surface area contributed by atoms with Crippen LogP contribution in [-0.4, -0.2) is 21.3 Å². The molecule has 1 atom stereocenters. The standard InChI is InChI=1S/C17H23NO3S/c1-5-17(18,15-7-6-8-22-15)11-12-9-13(19-2)16(21-4)14(10-12)20-3/h6-10H,5,11,18H2,1-4H3. The van der Waals surface area contributed by atoms with Gasteiger partial charge in [0.25, 0.3) is 0 Å². The van der Waals surface area contributed by atoms with Crippen molar-refractivity contribution in [3.8, 4) is 17.2 Å². The summed E-state index contributed by atoms with van der Waals surface area (Å²) >= 11 is 1.69. The Morgan fingerprint density at radius 1 is 1.09 bits per heavy atom. The van der Waals surface area contributed by atoms with Crippen LogP contribution < -0.4 is 19.9 Å². The number of benzene rings is 1. The highest BCUT2D eigenvalue weighted by Crippen LogP contribution is 2.40. The van der Waals surface area contributed by atoms with E-state index in [-0.39, 0.29) is 0 Å². The lowest BCUT2D eigenvalue weighted by Crippen LogP contribution is -2.37. The van der Waals surface area contributed by atoms with Gasteiger partial charge in [-0.3, -0.25) is 0 Å². The average Bonchev–Trinajstić information content (AvgIpc) is 3.08. The van der Waals surface area contributed by atoms with Crippen LogP contribution in [0.2, 0.25) is 0 Å². The maximum absolute atomic E-state index is 6.65. The van der Waals surface area contributed by atoms with Gasteiger partial charge in [0.1, 0.15) is 0 Å². The van der Waals surface area contributed by atoms with E-state index in [4.69, 9.17) is 19.9 Å². The van der Waals surface area contributed by atoms with Gasteiger partial charge in [0.05, 0.1) is 26.9 Å². The Hall–Kier alpha value is -1.72. The van der Waals surface area contributed by atoms with Gasteiger partial charge < -0.3 is 19.9 Å². The molecule has 1 aromatic carbocycles. The predicted molar refractivity (Wildman–Crippen MR) is 90.3 cm³/mol. The van der Waals surface area contributed by atoms with Crippen LogP contribution in [-0.2, 0) is 12.0 Å². The normalized spacial score (nSPS) is 13.5. The summed E-state index contributed by atoms with van der Waals surface area (Å²) in [5.74, 6) is 1.91. The van der Waals surface area contributed by atoms with E-state index in [2.05, 4.69) is 18.4 Å². The molecule has 5 heteroatoms. The van der Waals surface area contributed by atoms with Crippen molar-refractivity contribution in [2.45, 2.75) is 25.3 Å². The summed E-state index contributed by atoms with van der Waals surface area (Å²) in [6.45, 7) is 2.11. The first-order chi connectivity index (χ1) is 10.6. The molecule has 4 nitrogen and oxygen atoms in total. The second-order valence-corrected chi connectivity index (χ2v) is 6.15. The average molecular weight is 321 g/mol. The minimum atomic E-state index is -0.390. The van der Waals surface area contributed by atoms with Crippen LogP contribution in [0.15, 0.2) is 29.6 Å². The third-order valence-electron chi connectivity index (χ3n) is 3.89. The molecule has 1 aromatic heterocycles. The molecule has 0 aliphatic carbocycles. The number of ether oxygens (including phenoxy) is 3. The van der Waals surface area contributed by atoms with Gasteiger partial charge >= 0.3 is 0 Å². The fourth-order valence-electron chi connectivity index (χ4n) is 2.55. The van der Waals surface area contributed by atoms with Gasteiger partial charge in [0, 0.05) is 4.88 Å². The molecular formula is C17H23NO3S. The molecule has 0 amide bonds. The van der Waals surface area contributed by atoms with Gasteiger partial charge in [-0.05, 0) is 42.0 Å². The summed E-state index contributed by atoms with van der Waals surface area (Å²) in [4.78, 5) is 1.18. The smallest absolute Gasteiger partial charge is 0.203 e. The summed E-state index contributed by atoms with van der Waals surface area (Å²) in [6, 6.07) is 8.05. The van der Waals surface area contributed by atoms with Crippen LogP contribution in [0, 0.1) is 0 Å². The van der Waals surface area contributed by atoms with Gasteiger partial charge in [0.2, 0.25) is 5.75 Å². The topological polar surface area (TPSA) is 53.7 Å². The maximum atomic E-state index is 6.65. The first-order valence-electron chi connectivity index (χ1n) is 7.19. The SMILES string of the molecule is CCC(N)(Cc1cc(OC)c(OC)c(OC)c1)c1cccs1. The monoisotopic (exact) mass is 321 g/mol. The molecule has 0 saturated carbocycles. The van der Waals surface area contributed by atoms with Crippen molar-refractivity contribution in [3.63, 3.8) is 0 Å². The second-order valence-electron chi connectivity index (χ2n) is 5.20. The van der Waals surface area contributed by atoms with E-state index in [0.717, 1.165) is 12.0 Å². The van der Waals surface area contributed by atoms with Gasteiger partial charge in [0.15, 0.2) is 11.5 Å². The number of thiophene rings is 1. The van der Waals surface area contributed by atoms with Crippen LogP contribution >= 0.6 is 11.3 Å². The lowest BCUT2D eigenvalue weighted by Gasteiger charge is -2.28. The van der Waals surface area contributed by atoms with Crippen LogP contribution in [0.5, 0.6) is 17.2 Å². The van der Waals surface area contributed by atoms with Crippen LogP contribution in [0.3, 0.4) is 0 Å². The number of hydrogen-bond acceptors (Lipinski definition) is 5. The molecule has 0 spiro atoms. The number of hydrogen-bond donors (Lipinski definition) is 1. The minimum absolute atomic E-state index is 0.390. The van der Waals surface area contributed by atoms with E-state index in [1.807, 2.05) is 18.2 Å². The zero-order chi connectivity index (χ0) is 16.2. The molecular weight excluding hydrogens is 298 g/mol.